The summed E-state index contributed by atoms with van der Waals surface area (Å²) in [5.74, 6) is 2.08. The van der Waals surface area contributed by atoms with E-state index in [1.165, 1.54) is 32.1 Å². The Hall–Kier alpha value is -0.275. The predicted octanol–water partition coefficient (Wildman–Crippen LogP) is 4.53. The smallest absolute Gasteiger partial charge is 0.405 e. The van der Waals surface area contributed by atoms with Crippen LogP contribution in [-0.4, -0.2) is 18.8 Å². The Balaban J connectivity index is 2.17. The van der Waals surface area contributed by atoms with E-state index in [2.05, 4.69) is 39.7 Å². The van der Waals surface area contributed by atoms with E-state index in [4.69, 9.17) is 9.31 Å². The second-order valence-corrected chi connectivity index (χ2v) is 6.03. The Morgan fingerprint density at radius 2 is 1.94 bits per heavy atom. The molecule has 3 heteroatoms. The van der Waals surface area contributed by atoms with Gasteiger partial charge in [-0.2, -0.15) is 0 Å². The minimum Gasteiger partial charge on any atom is -0.405 e. The Bertz CT molecular complexity index is 251. The van der Waals surface area contributed by atoms with Crippen molar-refractivity contribution in [2.45, 2.75) is 84.3 Å². The van der Waals surface area contributed by atoms with Crippen LogP contribution in [0.3, 0.4) is 0 Å². The van der Waals surface area contributed by atoms with Crippen molar-refractivity contribution in [3.63, 3.8) is 0 Å². The monoisotopic (exact) mass is 252 g/mol. The van der Waals surface area contributed by atoms with Crippen LogP contribution in [0.2, 0.25) is 0 Å². The van der Waals surface area contributed by atoms with Gasteiger partial charge >= 0.3 is 7.12 Å². The van der Waals surface area contributed by atoms with Gasteiger partial charge in [-0.25, -0.2) is 0 Å². The van der Waals surface area contributed by atoms with Crippen molar-refractivity contribution in [1.29, 1.82) is 0 Å². The lowest BCUT2D eigenvalue weighted by atomic mass is 9.82. The molecule has 18 heavy (non-hydrogen) atoms. The third-order valence-electron chi connectivity index (χ3n) is 3.35. The summed E-state index contributed by atoms with van der Waals surface area (Å²) in [5.41, 5.74) is -0.0617. The van der Waals surface area contributed by atoms with Gasteiger partial charge in [0.15, 0.2) is 0 Å². The number of allylic oxidation sites excluding steroid dienone is 1. The first-order valence-corrected chi connectivity index (χ1v) is 7.53. The molecule has 0 amide bonds. The fraction of sp³-hybridized carbons (Fsp3) is 0.867. The van der Waals surface area contributed by atoms with E-state index < -0.39 is 0 Å². The van der Waals surface area contributed by atoms with Crippen LogP contribution in [0.1, 0.15) is 72.6 Å². The molecule has 1 heterocycles. The van der Waals surface area contributed by atoms with Gasteiger partial charge in [-0.05, 0) is 40.0 Å². The third-order valence-corrected chi connectivity index (χ3v) is 3.35. The maximum atomic E-state index is 5.88. The average molecular weight is 252 g/mol. The zero-order chi connectivity index (χ0) is 13.4. The molecule has 1 rings (SSSR count). The summed E-state index contributed by atoms with van der Waals surface area (Å²) in [6, 6.07) is 0. The molecule has 0 aromatic carbocycles. The lowest BCUT2D eigenvalue weighted by Crippen LogP contribution is -2.45. The van der Waals surface area contributed by atoms with E-state index in [0.29, 0.717) is 0 Å². The molecular formula is C15H29BO2. The molecule has 0 aliphatic carbocycles. The van der Waals surface area contributed by atoms with Crippen LogP contribution in [0.5, 0.6) is 0 Å². The normalized spacial score (nSPS) is 23.8. The fourth-order valence-corrected chi connectivity index (χ4v) is 2.52. The molecular weight excluding hydrogens is 223 g/mol. The molecule has 1 saturated heterocycles. The molecule has 0 saturated carbocycles. The predicted molar refractivity (Wildman–Crippen MR) is 78.6 cm³/mol. The van der Waals surface area contributed by atoms with Gasteiger partial charge in [0.1, 0.15) is 0 Å². The number of hydrogen-bond donors (Lipinski definition) is 0. The second-order valence-electron chi connectivity index (χ2n) is 6.03. The van der Waals surface area contributed by atoms with E-state index in [0.717, 1.165) is 12.8 Å². The first-order valence-electron chi connectivity index (χ1n) is 7.53. The lowest BCUT2D eigenvalue weighted by Gasteiger charge is -2.37. The lowest BCUT2D eigenvalue weighted by molar-refractivity contribution is -0.0236. The van der Waals surface area contributed by atoms with E-state index >= 15 is 0 Å². The topological polar surface area (TPSA) is 18.5 Å². The molecule has 104 valence electrons. The number of rotatable bonds is 7. The number of unbranched alkanes of at least 4 members (excludes halogenated alkanes) is 5. The first kappa shape index (κ1) is 15.8. The summed E-state index contributed by atoms with van der Waals surface area (Å²) in [4.78, 5) is 0. The zero-order valence-electron chi connectivity index (χ0n) is 12.6. The molecule has 0 aromatic rings. The quantitative estimate of drug-likeness (QED) is 0.489. The maximum absolute atomic E-state index is 5.88. The molecule has 0 radical (unpaired) electrons. The molecule has 0 spiro atoms. The molecule has 2 nitrogen and oxygen atoms in total. The van der Waals surface area contributed by atoms with Crippen LogP contribution in [0, 0.1) is 0 Å². The summed E-state index contributed by atoms with van der Waals surface area (Å²) in [6.07, 6.45) is 11.3. The Morgan fingerprint density at radius 3 is 2.61 bits per heavy atom. The Labute approximate surface area is 113 Å². The maximum Gasteiger partial charge on any atom is 0.486 e. The van der Waals surface area contributed by atoms with Gasteiger partial charge in [-0.1, -0.05) is 44.7 Å². The van der Waals surface area contributed by atoms with Crippen molar-refractivity contribution in [1.82, 2.24) is 0 Å². The molecule has 1 aliphatic heterocycles. The van der Waals surface area contributed by atoms with Gasteiger partial charge in [-0.3, -0.25) is 0 Å². The third kappa shape index (κ3) is 6.60. The van der Waals surface area contributed by atoms with Crippen molar-refractivity contribution < 1.29 is 9.31 Å². The van der Waals surface area contributed by atoms with E-state index in [-0.39, 0.29) is 18.8 Å². The summed E-state index contributed by atoms with van der Waals surface area (Å²) in [5, 5.41) is 0. The Morgan fingerprint density at radius 1 is 1.22 bits per heavy atom. The minimum absolute atomic E-state index is 0.0617. The van der Waals surface area contributed by atoms with Gasteiger partial charge < -0.3 is 9.31 Å². The molecule has 1 fully saturated rings. The van der Waals surface area contributed by atoms with Gasteiger partial charge in [0, 0.05) is 6.10 Å². The molecule has 1 unspecified atom stereocenters. The summed E-state index contributed by atoms with van der Waals surface area (Å²) >= 11 is 0. The van der Waals surface area contributed by atoms with Crippen LogP contribution >= 0.6 is 0 Å². The molecule has 0 bridgehead atoms. The van der Waals surface area contributed by atoms with Crippen molar-refractivity contribution in [3.8, 4) is 0 Å². The molecule has 1 aliphatic rings. The van der Waals surface area contributed by atoms with Crippen molar-refractivity contribution in [2.24, 2.45) is 0 Å². The SMILES string of the molecule is CCCCCCC/C=C/B1OC(C)CC(C)(C)O1. The largest absolute Gasteiger partial charge is 0.486 e. The second kappa shape index (κ2) is 8.01. The highest BCUT2D eigenvalue weighted by Crippen LogP contribution is 2.26. The standard InChI is InChI=1S/C15H29BO2/c1-5-6-7-8-9-10-11-12-16-17-14(2)13-15(3,4)18-16/h11-12,14H,5-10,13H2,1-4H3/b12-11+. The van der Waals surface area contributed by atoms with Crippen molar-refractivity contribution >= 4 is 7.12 Å². The first-order chi connectivity index (χ1) is 8.53. The minimum atomic E-state index is -0.153. The van der Waals surface area contributed by atoms with Gasteiger partial charge in [0.2, 0.25) is 0 Å². The van der Waals surface area contributed by atoms with E-state index in [1.54, 1.807) is 0 Å². The van der Waals surface area contributed by atoms with E-state index in [1.807, 2.05) is 0 Å². The van der Waals surface area contributed by atoms with Crippen molar-refractivity contribution in [2.75, 3.05) is 0 Å². The highest BCUT2D eigenvalue weighted by Gasteiger charge is 2.35. The zero-order valence-corrected chi connectivity index (χ0v) is 12.6. The van der Waals surface area contributed by atoms with Crippen LogP contribution in [0.4, 0.5) is 0 Å². The van der Waals surface area contributed by atoms with Crippen LogP contribution in [-0.2, 0) is 9.31 Å². The Kier molecular flexibility index (Phi) is 7.02. The molecule has 0 N–H and O–H groups in total. The summed E-state index contributed by atoms with van der Waals surface area (Å²) in [7, 11) is -0.153. The van der Waals surface area contributed by atoms with Crippen molar-refractivity contribution in [3.05, 3.63) is 12.1 Å². The highest BCUT2D eigenvalue weighted by atomic mass is 16.6. The van der Waals surface area contributed by atoms with Gasteiger partial charge in [0.25, 0.3) is 0 Å². The number of hydrogen-bond acceptors (Lipinski definition) is 2. The van der Waals surface area contributed by atoms with E-state index in [9.17, 15) is 0 Å². The van der Waals surface area contributed by atoms with Gasteiger partial charge in [-0.15, -0.1) is 0 Å². The van der Waals surface area contributed by atoms with Crippen LogP contribution in [0.15, 0.2) is 12.1 Å². The summed E-state index contributed by atoms with van der Waals surface area (Å²) in [6.45, 7) is 8.64. The van der Waals surface area contributed by atoms with Crippen LogP contribution < -0.4 is 0 Å². The fourth-order valence-electron chi connectivity index (χ4n) is 2.52. The molecule has 0 aromatic heterocycles. The average Bonchev–Trinajstić information content (AvgIpc) is 2.25. The summed E-state index contributed by atoms with van der Waals surface area (Å²) < 4.78 is 11.6. The van der Waals surface area contributed by atoms with Crippen LogP contribution in [0.25, 0.3) is 0 Å². The molecule has 1 atom stereocenters. The van der Waals surface area contributed by atoms with Gasteiger partial charge in [0.05, 0.1) is 5.60 Å². The highest BCUT2D eigenvalue weighted by molar-refractivity contribution is 6.51.